The summed E-state index contributed by atoms with van der Waals surface area (Å²) in [6.07, 6.45) is -2.32. The molecule has 5 rings (SSSR count). The van der Waals surface area contributed by atoms with Gasteiger partial charge in [-0.25, -0.2) is 4.79 Å². The van der Waals surface area contributed by atoms with Crippen LogP contribution >= 0.6 is 0 Å². The van der Waals surface area contributed by atoms with Crippen molar-refractivity contribution in [3.63, 3.8) is 0 Å². The molecule has 1 amide bonds. The first-order valence-corrected chi connectivity index (χ1v) is 12.7. The molecule has 9 heteroatoms. The summed E-state index contributed by atoms with van der Waals surface area (Å²) in [7, 11) is 0. The van der Waals surface area contributed by atoms with E-state index >= 15 is 0 Å². The molecule has 1 aromatic heterocycles. The molecule has 3 atom stereocenters. The lowest BCUT2D eigenvalue weighted by molar-refractivity contribution is -0.147. The molecule has 1 aliphatic rings. The van der Waals surface area contributed by atoms with E-state index in [1.807, 2.05) is 72.8 Å². The average molecular weight is 528 g/mol. The monoisotopic (exact) mass is 527 g/mol. The summed E-state index contributed by atoms with van der Waals surface area (Å²) in [5.74, 6) is -1.29. The number of aromatic nitrogens is 2. The van der Waals surface area contributed by atoms with E-state index in [0.717, 1.165) is 22.3 Å². The van der Waals surface area contributed by atoms with Crippen molar-refractivity contribution >= 4 is 11.9 Å². The Balaban J connectivity index is 1.37. The number of carboxylic acid groups (broad SMARTS) is 1. The molecule has 0 bridgehead atoms. The zero-order valence-corrected chi connectivity index (χ0v) is 21.1. The zero-order chi connectivity index (χ0) is 27.4. The molecule has 2 heterocycles. The number of nitrogens with zero attached hydrogens (tertiary/aromatic N) is 2. The van der Waals surface area contributed by atoms with Crippen LogP contribution in [0.15, 0.2) is 84.9 Å². The highest BCUT2D eigenvalue weighted by Gasteiger charge is 2.26. The van der Waals surface area contributed by atoms with Gasteiger partial charge in [-0.1, -0.05) is 66.7 Å². The van der Waals surface area contributed by atoms with Crippen LogP contribution in [0, 0.1) is 0 Å². The minimum atomic E-state index is -1.64. The Labute approximate surface area is 225 Å². The second kappa shape index (κ2) is 11.5. The van der Waals surface area contributed by atoms with Crippen molar-refractivity contribution < 1.29 is 29.6 Å². The third-order valence-corrected chi connectivity index (χ3v) is 6.66. The number of carbonyl (C=O) groups is 2. The summed E-state index contributed by atoms with van der Waals surface area (Å²) in [5, 5.41) is 37.0. The number of carbonyl (C=O) groups excluding carboxylic acids is 1. The van der Waals surface area contributed by atoms with E-state index in [9.17, 15) is 24.9 Å². The summed E-state index contributed by atoms with van der Waals surface area (Å²) in [5.41, 5.74) is 4.46. The molecule has 200 valence electrons. The molecule has 1 aliphatic heterocycles. The Morgan fingerprint density at radius 2 is 1.69 bits per heavy atom. The summed E-state index contributed by atoms with van der Waals surface area (Å²) >= 11 is 0. The van der Waals surface area contributed by atoms with E-state index in [1.54, 1.807) is 16.8 Å². The molecule has 0 saturated carbocycles. The SMILES string of the molecule is O=C(N[C@H](Cc1ccc(-c2ccccc2)cc1)C[C@@H](O)C(=O)O)c1cc2n(n1)C[C@H](O)COc1ccccc1-2. The number of para-hydroxylation sites is 1. The van der Waals surface area contributed by atoms with Crippen LogP contribution < -0.4 is 10.1 Å². The fourth-order valence-electron chi connectivity index (χ4n) is 4.70. The van der Waals surface area contributed by atoms with E-state index in [1.165, 1.54) is 0 Å². The van der Waals surface area contributed by atoms with Crippen molar-refractivity contribution in [2.75, 3.05) is 6.61 Å². The van der Waals surface area contributed by atoms with Gasteiger partial charge in [0, 0.05) is 18.0 Å². The van der Waals surface area contributed by atoms with Crippen LogP contribution in [0.4, 0.5) is 0 Å². The van der Waals surface area contributed by atoms with Crippen LogP contribution in [0.5, 0.6) is 5.75 Å². The number of amides is 1. The standard InChI is InChI=1S/C30H29N3O6/c34-23-17-33-26(24-8-4-5-9-28(24)39-18-23)16-25(32-33)29(36)31-22(15-27(35)30(37)38)14-19-10-12-21(13-11-19)20-6-2-1-3-7-20/h1-13,16,22-23,27,34-35H,14-15,17-18H2,(H,31,36)(H,37,38)/t22-,23+,27-/m1/s1. The van der Waals surface area contributed by atoms with E-state index in [4.69, 9.17) is 4.74 Å². The molecule has 9 nitrogen and oxygen atoms in total. The maximum absolute atomic E-state index is 13.3. The highest BCUT2D eigenvalue weighted by atomic mass is 16.5. The molecular weight excluding hydrogens is 498 g/mol. The number of ether oxygens (including phenoxy) is 1. The van der Waals surface area contributed by atoms with Crippen LogP contribution in [0.25, 0.3) is 22.4 Å². The number of fused-ring (bicyclic) bond motifs is 3. The van der Waals surface area contributed by atoms with Gasteiger partial charge >= 0.3 is 5.97 Å². The smallest absolute Gasteiger partial charge is 0.332 e. The first kappa shape index (κ1) is 26.1. The van der Waals surface area contributed by atoms with Gasteiger partial charge in [0.25, 0.3) is 5.91 Å². The van der Waals surface area contributed by atoms with Gasteiger partial charge in [-0.15, -0.1) is 0 Å². The predicted molar refractivity (Wildman–Crippen MR) is 144 cm³/mol. The summed E-state index contributed by atoms with van der Waals surface area (Å²) < 4.78 is 7.30. The third-order valence-electron chi connectivity index (χ3n) is 6.66. The minimum Gasteiger partial charge on any atom is -0.490 e. The van der Waals surface area contributed by atoms with Crippen molar-refractivity contribution in [2.45, 2.75) is 37.6 Å². The molecule has 0 fully saturated rings. The lowest BCUT2D eigenvalue weighted by atomic mass is 9.97. The van der Waals surface area contributed by atoms with Gasteiger partial charge in [0.1, 0.15) is 18.5 Å². The van der Waals surface area contributed by atoms with Crippen molar-refractivity contribution in [3.05, 3.63) is 96.2 Å². The molecule has 0 spiro atoms. The van der Waals surface area contributed by atoms with E-state index in [-0.39, 0.29) is 25.3 Å². The largest absolute Gasteiger partial charge is 0.490 e. The first-order chi connectivity index (χ1) is 18.9. The average Bonchev–Trinajstić information content (AvgIpc) is 3.35. The lowest BCUT2D eigenvalue weighted by Crippen LogP contribution is -2.40. The van der Waals surface area contributed by atoms with Crippen LogP contribution in [-0.2, 0) is 17.8 Å². The molecular formula is C30H29N3O6. The number of hydrogen-bond donors (Lipinski definition) is 4. The summed E-state index contributed by atoms with van der Waals surface area (Å²) in [6.45, 7) is 0.238. The van der Waals surface area contributed by atoms with E-state index in [0.29, 0.717) is 17.9 Å². The van der Waals surface area contributed by atoms with Crippen molar-refractivity contribution in [1.29, 1.82) is 0 Å². The van der Waals surface area contributed by atoms with Gasteiger partial charge in [0.2, 0.25) is 0 Å². The number of nitrogens with one attached hydrogen (secondary N) is 1. The quantitative estimate of drug-likeness (QED) is 0.277. The Kier molecular flexibility index (Phi) is 7.72. The topological polar surface area (TPSA) is 134 Å². The third kappa shape index (κ3) is 6.17. The lowest BCUT2D eigenvalue weighted by Gasteiger charge is -2.20. The zero-order valence-electron chi connectivity index (χ0n) is 21.1. The first-order valence-electron chi connectivity index (χ1n) is 12.7. The Morgan fingerprint density at radius 1 is 1.00 bits per heavy atom. The Hall–Kier alpha value is -4.47. The molecule has 0 aliphatic carbocycles. The van der Waals surface area contributed by atoms with Gasteiger partial charge < -0.3 is 25.4 Å². The molecule has 39 heavy (non-hydrogen) atoms. The van der Waals surface area contributed by atoms with Gasteiger partial charge in [-0.3, -0.25) is 9.48 Å². The second-order valence-corrected chi connectivity index (χ2v) is 9.59. The Bertz CT molecular complexity index is 1450. The molecule has 0 saturated heterocycles. The highest BCUT2D eigenvalue weighted by Crippen LogP contribution is 2.32. The van der Waals surface area contributed by atoms with Crippen LogP contribution in [0.3, 0.4) is 0 Å². The molecule has 0 unspecified atom stereocenters. The predicted octanol–water partition coefficient (Wildman–Crippen LogP) is 3.15. The molecule has 0 radical (unpaired) electrons. The number of rotatable bonds is 8. The number of hydrogen-bond acceptors (Lipinski definition) is 6. The fraction of sp³-hybridized carbons (Fsp3) is 0.233. The minimum absolute atomic E-state index is 0.0933. The number of aliphatic hydroxyl groups excluding tert-OH is 2. The summed E-state index contributed by atoms with van der Waals surface area (Å²) in [6, 6.07) is 26.0. The van der Waals surface area contributed by atoms with Gasteiger partial charge in [-0.05, 0) is 41.3 Å². The van der Waals surface area contributed by atoms with Gasteiger partial charge in [0.05, 0.1) is 12.2 Å². The van der Waals surface area contributed by atoms with Crippen LogP contribution in [0.2, 0.25) is 0 Å². The van der Waals surface area contributed by atoms with Crippen molar-refractivity contribution in [1.82, 2.24) is 15.1 Å². The fourth-order valence-corrected chi connectivity index (χ4v) is 4.70. The van der Waals surface area contributed by atoms with E-state index in [2.05, 4.69) is 10.4 Å². The summed E-state index contributed by atoms with van der Waals surface area (Å²) in [4.78, 5) is 24.7. The maximum atomic E-state index is 13.3. The molecule has 4 aromatic rings. The number of aliphatic hydroxyl groups is 2. The van der Waals surface area contributed by atoms with Gasteiger partial charge in [-0.2, -0.15) is 5.10 Å². The van der Waals surface area contributed by atoms with Gasteiger partial charge in [0.15, 0.2) is 11.8 Å². The maximum Gasteiger partial charge on any atom is 0.332 e. The van der Waals surface area contributed by atoms with Crippen molar-refractivity contribution in [3.8, 4) is 28.1 Å². The molecule has 4 N–H and O–H groups in total. The normalized spacial score (nSPS) is 16.0. The van der Waals surface area contributed by atoms with Crippen molar-refractivity contribution in [2.24, 2.45) is 0 Å². The van der Waals surface area contributed by atoms with Crippen LogP contribution in [-0.4, -0.2) is 61.8 Å². The molecule has 3 aromatic carbocycles. The number of aliphatic carboxylic acids is 1. The number of carboxylic acids is 1. The Morgan fingerprint density at radius 3 is 2.44 bits per heavy atom. The van der Waals surface area contributed by atoms with Crippen LogP contribution in [0.1, 0.15) is 22.5 Å². The highest BCUT2D eigenvalue weighted by molar-refractivity contribution is 5.94. The second-order valence-electron chi connectivity index (χ2n) is 9.59. The van der Waals surface area contributed by atoms with E-state index < -0.39 is 30.1 Å². The number of benzene rings is 3.